The second-order valence-electron chi connectivity index (χ2n) is 6.67. The molecule has 7 heteroatoms. The van der Waals surface area contributed by atoms with Gasteiger partial charge in [-0.2, -0.15) is 8.42 Å². The molecule has 0 amide bonds. The number of hydrogen-bond acceptors (Lipinski definition) is 6. The van der Waals surface area contributed by atoms with Gasteiger partial charge in [0.2, 0.25) is 0 Å². The number of ether oxygens (including phenoxy) is 1. The van der Waals surface area contributed by atoms with Gasteiger partial charge < -0.3 is 13.3 Å². The zero-order valence-electron chi connectivity index (χ0n) is 16.3. The van der Waals surface area contributed by atoms with Gasteiger partial charge in [0.15, 0.2) is 5.75 Å². The van der Waals surface area contributed by atoms with Crippen molar-refractivity contribution in [3.8, 4) is 22.6 Å². The second kappa shape index (κ2) is 7.68. The van der Waals surface area contributed by atoms with E-state index in [1.54, 1.807) is 60.7 Å². The Bertz CT molecular complexity index is 1370. The highest BCUT2D eigenvalue weighted by molar-refractivity contribution is 7.87. The summed E-state index contributed by atoms with van der Waals surface area (Å²) in [6, 6.07) is 19.5. The molecule has 0 aliphatic heterocycles. The molecule has 1 heterocycles. The number of rotatable bonds is 5. The normalized spacial score (nSPS) is 11.4. The molecule has 0 saturated carbocycles. The van der Waals surface area contributed by atoms with E-state index >= 15 is 0 Å². The van der Waals surface area contributed by atoms with Crippen LogP contribution in [0.3, 0.4) is 0 Å². The highest BCUT2D eigenvalue weighted by Gasteiger charge is 2.24. The maximum atomic E-state index is 13.0. The molecular weight excluding hydrogens is 404 g/mol. The molecule has 1 aromatic heterocycles. The van der Waals surface area contributed by atoms with Crippen LogP contribution < -0.4 is 14.5 Å². The van der Waals surface area contributed by atoms with E-state index in [0.29, 0.717) is 16.7 Å². The molecule has 30 heavy (non-hydrogen) atoms. The fraction of sp³-hybridized carbons (Fsp3) is 0.0870. The van der Waals surface area contributed by atoms with Crippen molar-refractivity contribution in [1.82, 2.24) is 0 Å². The summed E-state index contributed by atoms with van der Waals surface area (Å²) in [6.45, 7) is 1.86. The average Bonchev–Trinajstić information content (AvgIpc) is 2.74. The van der Waals surface area contributed by atoms with Gasteiger partial charge in [-0.1, -0.05) is 42.0 Å². The monoisotopic (exact) mass is 422 g/mol. The summed E-state index contributed by atoms with van der Waals surface area (Å²) in [7, 11) is -2.66. The smallest absolute Gasteiger partial charge is 0.348 e. The summed E-state index contributed by atoms with van der Waals surface area (Å²) in [6.07, 6.45) is 0. The molecule has 0 N–H and O–H groups in total. The van der Waals surface area contributed by atoms with Crippen molar-refractivity contribution in [3.05, 3.63) is 88.8 Å². The fourth-order valence-corrected chi connectivity index (χ4v) is 4.04. The van der Waals surface area contributed by atoms with Crippen LogP contribution in [0.4, 0.5) is 0 Å². The first-order chi connectivity index (χ1) is 14.4. The minimum Gasteiger partial charge on any atom is -0.497 e. The summed E-state index contributed by atoms with van der Waals surface area (Å²) in [4.78, 5) is 12.8. The van der Waals surface area contributed by atoms with Crippen molar-refractivity contribution < 1.29 is 21.8 Å². The first kappa shape index (κ1) is 19.7. The van der Waals surface area contributed by atoms with E-state index in [-0.39, 0.29) is 21.8 Å². The Kier molecular flexibility index (Phi) is 5.05. The van der Waals surface area contributed by atoms with E-state index in [0.717, 1.165) is 5.56 Å². The topological polar surface area (TPSA) is 82.8 Å². The minimum atomic E-state index is -4.19. The Labute approximate surface area is 173 Å². The lowest BCUT2D eigenvalue weighted by atomic mass is 10.0. The molecule has 0 aliphatic carbocycles. The van der Waals surface area contributed by atoms with Gasteiger partial charge in [0.05, 0.1) is 12.5 Å². The van der Waals surface area contributed by atoms with Crippen LogP contribution in [0.2, 0.25) is 0 Å². The van der Waals surface area contributed by atoms with Crippen molar-refractivity contribution in [2.45, 2.75) is 11.8 Å². The molecule has 4 aromatic rings. The summed E-state index contributed by atoms with van der Waals surface area (Å²) < 4.78 is 42.1. The number of methoxy groups -OCH3 is 1. The van der Waals surface area contributed by atoms with Crippen molar-refractivity contribution in [2.75, 3.05) is 7.11 Å². The third kappa shape index (κ3) is 3.67. The summed E-state index contributed by atoms with van der Waals surface area (Å²) in [5.41, 5.74) is 0.914. The molecular formula is C23H18O6S. The predicted octanol–water partition coefficient (Wildman–Crippen LogP) is 4.54. The molecule has 0 atom stereocenters. The maximum Gasteiger partial charge on any atom is 0.348 e. The average molecular weight is 422 g/mol. The lowest BCUT2D eigenvalue weighted by Crippen LogP contribution is -2.14. The zero-order chi connectivity index (χ0) is 21.3. The van der Waals surface area contributed by atoms with Crippen LogP contribution in [0.1, 0.15) is 5.56 Å². The Morgan fingerprint density at radius 3 is 2.20 bits per heavy atom. The van der Waals surface area contributed by atoms with E-state index < -0.39 is 15.7 Å². The van der Waals surface area contributed by atoms with Crippen LogP contribution in [-0.2, 0) is 10.1 Å². The van der Waals surface area contributed by atoms with E-state index in [9.17, 15) is 13.2 Å². The molecule has 0 fully saturated rings. The molecule has 6 nitrogen and oxygen atoms in total. The van der Waals surface area contributed by atoms with Crippen molar-refractivity contribution >= 4 is 21.1 Å². The fourth-order valence-electron chi connectivity index (χ4n) is 3.08. The van der Waals surface area contributed by atoms with E-state index in [4.69, 9.17) is 13.3 Å². The number of fused-ring (bicyclic) bond motifs is 1. The van der Waals surface area contributed by atoms with E-state index in [1.807, 2.05) is 6.92 Å². The molecule has 3 aromatic carbocycles. The highest BCUT2D eigenvalue weighted by Crippen LogP contribution is 2.36. The highest BCUT2D eigenvalue weighted by atomic mass is 32.2. The van der Waals surface area contributed by atoms with Gasteiger partial charge in [-0.05, 0) is 48.9 Å². The van der Waals surface area contributed by atoms with Crippen LogP contribution in [0.25, 0.3) is 22.1 Å². The number of hydrogen-bond donors (Lipinski definition) is 0. The Hall–Kier alpha value is -3.58. The first-order valence-electron chi connectivity index (χ1n) is 9.10. The molecule has 152 valence electrons. The molecule has 0 saturated heterocycles. The molecule has 4 rings (SSSR count). The number of benzene rings is 3. The van der Waals surface area contributed by atoms with Gasteiger partial charge in [-0.3, -0.25) is 0 Å². The quantitative estimate of drug-likeness (QED) is 0.347. The van der Waals surface area contributed by atoms with Crippen molar-refractivity contribution in [2.24, 2.45) is 0 Å². The van der Waals surface area contributed by atoms with E-state index in [2.05, 4.69) is 0 Å². The number of aryl methyl sites for hydroxylation is 1. The lowest BCUT2D eigenvalue weighted by Gasteiger charge is -2.13. The third-order valence-electron chi connectivity index (χ3n) is 4.65. The van der Waals surface area contributed by atoms with Gasteiger partial charge in [0, 0.05) is 0 Å². The third-order valence-corrected chi connectivity index (χ3v) is 5.88. The molecule has 0 unspecified atom stereocenters. The first-order valence-corrected chi connectivity index (χ1v) is 10.5. The van der Waals surface area contributed by atoms with Crippen LogP contribution >= 0.6 is 0 Å². The molecule has 0 bridgehead atoms. The van der Waals surface area contributed by atoms with E-state index in [1.165, 1.54) is 19.2 Å². The van der Waals surface area contributed by atoms with Gasteiger partial charge in [-0.25, -0.2) is 4.79 Å². The summed E-state index contributed by atoms with van der Waals surface area (Å²) in [5, 5.41) is 0.374. The SMILES string of the molecule is COc1ccc(-c2c(OS(=O)(=O)c3ccc(C)cc3)c3ccccc3oc2=O)cc1. The molecule has 0 spiro atoms. The van der Waals surface area contributed by atoms with Crippen LogP contribution in [0, 0.1) is 6.92 Å². The van der Waals surface area contributed by atoms with Crippen LogP contribution in [-0.4, -0.2) is 15.5 Å². The van der Waals surface area contributed by atoms with Crippen LogP contribution in [0.15, 0.2) is 86.9 Å². The van der Waals surface area contributed by atoms with Crippen molar-refractivity contribution in [1.29, 1.82) is 0 Å². The van der Waals surface area contributed by atoms with Gasteiger partial charge in [0.1, 0.15) is 21.8 Å². The zero-order valence-corrected chi connectivity index (χ0v) is 17.1. The minimum absolute atomic E-state index is 0.00824. The van der Waals surface area contributed by atoms with Crippen molar-refractivity contribution in [3.63, 3.8) is 0 Å². The maximum absolute atomic E-state index is 13.0. The standard InChI is InChI=1S/C23H18O6S/c1-15-7-13-18(14-8-15)30(25,26)29-22-19-5-3-4-6-20(19)28-23(24)21(22)16-9-11-17(27-2)12-10-16/h3-14H,1-2H3. The molecule has 0 aliphatic rings. The van der Waals surface area contributed by atoms with Crippen LogP contribution in [0.5, 0.6) is 11.5 Å². The second-order valence-corrected chi connectivity index (χ2v) is 8.22. The molecule has 0 radical (unpaired) electrons. The summed E-state index contributed by atoms with van der Waals surface area (Å²) in [5.74, 6) is 0.520. The lowest BCUT2D eigenvalue weighted by molar-refractivity contribution is 0.415. The Morgan fingerprint density at radius 2 is 1.53 bits per heavy atom. The number of para-hydroxylation sites is 1. The van der Waals surface area contributed by atoms with Gasteiger partial charge in [0.25, 0.3) is 0 Å². The van der Waals surface area contributed by atoms with Gasteiger partial charge in [-0.15, -0.1) is 0 Å². The Balaban J connectivity index is 1.94. The largest absolute Gasteiger partial charge is 0.497 e. The summed E-state index contributed by atoms with van der Waals surface area (Å²) >= 11 is 0. The van der Waals surface area contributed by atoms with Gasteiger partial charge >= 0.3 is 15.7 Å². The Morgan fingerprint density at radius 1 is 0.867 bits per heavy atom. The predicted molar refractivity (Wildman–Crippen MR) is 113 cm³/mol.